The maximum absolute atomic E-state index is 11.1. The summed E-state index contributed by atoms with van der Waals surface area (Å²) in [6.45, 7) is 5.25. The van der Waals surface area contributed by atoms with E-state index in [1.165, 1.54) is 6.92 Å². The highest BCUT2D eigenvalue weighted by molar-refractivity contribution is 5.74. The summed E-state index contributed by atoms with van der Waals surface area (Å²) >= 11 is 0. The lowest BCUT2D eigenvalue weighted by Gasteiger charge is -2.13. The molecule has 1 heterocycles. The lowest BCUT2D eigenvalue weighted by atomic mass is 9.94. The fraction of sp³-hybridized carbons (Fsp3) is 0.778. The number of esters is 2. The van der Waals surface area contributed by atoms with Crippen LogP contribution in [0.15, 0.2) is 0 Å². The Morgan fingerprint density at radius 3 is 2.54 bits per heavy atom. The summed E-state index contributed by atoms with van der Waals surface area (Å²) in [5, 5.41) is 0. The van der Waals surface area contributed by atoms with Crippen molar-refractivity contribution in [3.8, 4) is 0 Å². The highest BCUT2D eigenvalue weighted by Crippen LogP contribution is 2.27. The number of hydrogen-bond acceptors (Lipinski definition) is 4. The predicted octanol–water partition coefficient (Wildman–Crippen LogP) is 0.747. The van der Waals surface area contributed by atoms with Gasteiger partial charge < -0.3 is 9.47 Å². The monoisotopic (exact) mass is 186 g/mol. The van der Waals surface area contributed by atoms with Gasteiger partial charge in [-0.25, -0.2) is 0 Å². The second kappa shape index (κ2) is 3.77. The van der Waals surface area contributed by atoms with E-state index < -0.39 is 0 Å². The van der Waals surface area contributed by atoms with Crippen molar-refractivity contribution in [1.82, 2.24) is 0 Å². The van der Waals surface area contributed by atoms with Crippen LogP contribution >= 0.6 is 0 Å². The van der Waals surface area contributed by atoms with Gasteiger partial charge in [-0.2, -0.15) is 0 Å². The van der Waals surface area contributed by atoms with Crippen molar-refractivity contribution in [1.29, 1.82) is 0 Å². The van der Waals surface area contributed by atoms with Gasteiger partial charge in [-0.15, -0.1) is 0 Å². The molecule has 0 N–H and O–H groups in total. The third kappa shape index (κ3) is 2.20. The van der Waals surface area contributed by atoms with E-state index in [0.717, 1.165) is 0 Å². The van der Waals surface area contributed by atoms with Gasteiger partial charge in [-0.3, -0.25) is 9.59 Å². The summed E-state index contributed by atoms with van der Waals surface area (Å²) in [5.74, 6) is -0.528. The van der Waals surface area contributed by atoms with E-state index in [-0.39, 0.29) is 36.5 Å². The first kappa shape index (κ1) is 10.0. The summed E-state index contributed by atoms with van der Waals surface area (Å²) in [6.07, 6.45) is -0.272. The molecule has 4 nitrogen and oxygen atoms in total. The van der Waals surface area contributed by atoms with E-state index in [0.29, 0.717) is 0 Å². The van der Waals surface area contributed by atoms with Crippen LogP contribution < -0.4 is 0 Å². The number of carbonyl (C=O) groups is 2. The van der Waals surface area contributed by atoms with Crippen molar-refractivity contribution < 1.29 is 19.1 Å². The van der Waals surface area contributed by atoms with Gasteiger partial charge in [0.1, 0.15) is 12.7 Å². The van der Waals surface area contributed by atoms with Gasteiger partial charge in [-0.1, -0.05) is 13.8 Å². The summed E-state index contributed by atoms with van der Waals surface area (Å²) in [6, 6.07) is 0. The second-order valence-electron chi connectivity index (χ2n) is 3.43. The van der Waals surface area contributed by atoms with Crippen LogP contribution in [0.5, 0.6) is 0 Å². The van der Waals surface area contributed by atoms with E-state index in [1.54, 1.807) is 0 Å². The fourth-order valence-electron chi connectivity index (χ4n) is 1.29. The van der Waals surface area contributed by atoms with E-state index in [1.807, 2.05) is 13.8 Å². The highest BCUT2D eigenvalue weighted by atomic mass is 16.6. The molecule has 0 aromatic heterocycles. The number of ether oxygens (including phenoxy) is 2. The molecule has 2 unspecified atom stereocenters. The Kier molecular flexibility index (Phi) is 2.90. The highest BCUT2D eigenvalue weighted by Gasteiger charge is 2.39. The van der Waals surface area contributed by atoms with Crippen molar-refractivity contribution in [2.24, 2.45) is 11.8 Å². The Labute approximate surface area is 77.2 Å². The number of carbonyl (C=O) groups excluding carboxylic acids is 2. The van der Waals surface area contributed by atoms with Gasteiger partial charge in [-0.05, 0) is 0 Å². The molecular formula is C9H14O4. The summed E-state index contributed by atoms with van der Waals surface area (Å²) < 4.78 is 9.80. The maximum Gasteiger partial charge on any atom is 0.309 e. The molecule has 1 fully saturated rings. The third-order valence-corrected chi connectivity index (χ3v) is 2.47. The lowest BCUT2D eigenvalue weighted by Crippen LogP contribution is -2.23. The molecule has 13 heavy (non-hydrogen) atoms. The average molecular weight is 186 g/mol. The molecule has 3 atom stereocenters. The maximum atomic E-state index is 11.1. The van der Waals surface area contributed by atoms with Gasteiger partial charge in [0.05, 0.1) is 5.92 Å². The Balaban J connectivity index is 2.44. The molecule has 0 saturated carbocycles. The first-order valence-electron chi connectivity index (χ1n) is 4.36. The van der Waals surface area contributed by atoms with E-state index in [2.05, 4.69) is 0 Å². The average Bonchev–Trinajstić information content (AvgIpc) is 2.29. The molecule has 0 amide bonds. The fourth-order valence-corrected chi connectivity index (χ4v) is 1.29. The Morgan fingerprint density at radius 1 is 1.54 bits per heavy atom. The van der Waals surface area contributed by atoms with Gasteiger partial charge in [0.2, 0.25) is 0 Å². The zero-order valence-electron chi connectivity index (χ0n) is 8.07. The van der Waals surface area contributed by atoms with Crippen LogP contribution in [-0.4, -0.2) is 24.6 Å². The SMILES string of the molecule is CC(=O)OCC1OC(=O)C(C)[C@@H]1C. The smallest absolute Gasteiger partial charge is 0.309 e. The molecule has 1 aliphatic heterocycles. The standard InChI is InChI=1S/C9H14O4/c1-5-6(2)9(11)13-8(5)4-12-7(3)10/h5-6,8H,4H2,1-3H3/t5-,6?,8?/m0/s1. The molecule has 0 radical (unpaired) electrons. The van der Waals surface area contributed by atoms with E-state index in [4.69, 9.17) is 9.47 Å². The van der Waals surface area contributed by atoms with E-state index in [9.17, 15) is 9.59 Å². The minimum atomic E-state index is -0.345. The Hall–Kier alpha value is -1.06. The zero-order valence-corrected chi connectivity index (χ0v) is 8.07. The predicted molar refractivity (Wildman–Crippen MR) is 44.8 cm³/mol. The Morgan fingerprint density at radius 2 is 2.15 bits per heavy atom. The zero-order chi connectivity index (χ0) is 10.0. The van der Waals surface area contributed by atoms with Crippen molar-refractivity contribution >= 4 is 11.9 Å². The first-order valence-corrected chi connectivity index (χ1v) is 4.36. The van der Waals surface area contributed by atoms with Crippen LogP contribution in [0.2, 0.25) is 0 Å². The van der Waals surface area contributed by atoms with Crippen LogP contribution in [0, 0.1) is 11.8 Å². The molecule has 0 aromatic rings. The molecule has 1 rings (SSSR count). The van der Waals surface area contributed by atoms with Gasteiger partial charge in [0.15, 0.2) is 0 Å². The van der Waals surface area contributed by atoms with Crippen LogP contribution in [0.25, 0.3) is 0 Å². The second-order valence-corrected chi connectivity index (χ2v) is 3.43. The quantitative estimate of drug-likeness (QED) is 0.597. The lowest BCUT2D eigenvalue weighted by molar-refractivity contribution is -0.152. The third-order valence-electron chi connectivity index (χ3n) is 2.47. The molecule has 0 bridgehead atoms. The Bertz CT molecular complexity index is 224. The molecule has 0 spiro atoms. The van der Waals surface area contributed by atoms with Crippen LogP contribution in [0.1, 0.15) is 20.8 Å². The molecular weight excluding hydrogens is 172 g/mol. The van der Waals surface area contributed by atoms with Gasteiger partial charge in [0, 0.05) is 12.8 Å². The largest absolute Gasteiger partial charge is 0.462 e. The van der Waals surface area contributed by atoms with Gasteiger partial charge >= 0.3 is 11.9 Å². The van der Waals surface area contributed by atoms with Crippen molar-refractivity contribution in [3.63, 3.8) is 0 Å². The number of cyclic esters (lactones) is 1. The normalized spacial score (nSPS) is 32.8. The van der Waals surface area contributed by atoms with E-state index >= 15 is 0 Å². The molecule has 74 valence electrons. The molecule has 4 heteroatoms. The topological polar surface area (TPSA) is 52.6 Å². The number of hydrogen-bond donors (Lipinski definition) is 0. The summed E-state index contributed by atoms with van der Waals surface area (Å²) in [5.41, 5.74) is 0. The first-order chi connectivity index (χ1) is 6.02. The molecule has 1 saturated heterocycles. The van der Waals surface area contributed by atoms with Gasteiger partial charge in [0.25, 0.3) is 0 Å². The summed E-state index contributed by atoms with van der Waals surface area (Å²) in [4.78, 5) is 21.6. The molecule has 0 aromatic carbocycles. The van der Waals surface area contributed by atoms with Crippen molar-refractivity contribution in [3.05, 3.63) is 0 Å². The minimum absolute atomic E-state index is 0.0967. The van der Waals surface area contributed by atoms with Crippen LogP contribution in [-0.2, 0) is 19.1 Å². The summed E-state index contributed by atoms with van der Waals surface area (Å²) in [7, 11) is 0. The molecule has 1 aliphatic rings. The number of rotatable bonds is 2. The van der Waals surface area contributed by atoms with Crippen LogP contribution in [0.3, 0.4) is 0 Å². The van der Waals surface area contributed by atoms with Crippen LogP contribution in [0.4, 0.5) is 0 Å². The molecule has 0 aliphatic carbocycles. The van der Waals surface area contributed by atoms with Crippen molar-refractivity contribution in [2.75, 3.05) is 6.61 Å². The minimum Gasteiger partial charge on any atom is -0.462 e. The van der Waals surface area contributed by atoms with Crippen molar-refractivity contribution in [2.45, 2.75) is 26.9 Å².